The lowest BCUT2D eigenvalue weighted by Crippen LogP contribution is -2.25. The van der Waals surface area contributed by atoms with Crippen LogP contribution >= 0.6 is 11.6 Å². The second-order valence-corrected chi connectivity index (χ2v) is 5.77. The number of ether oxygens (including phenoxy) is 1. The maximum atomic E-state index is 12.0. The highest BCUT2D eigenvalue weighted by atomic mass is 35.5. The first-order chi connectivity index (χ1) is 11.6. The van der Waals surface area contributed by atoms with Crippen LogP contribution in [0.4, 0.5) is 0 Å². The number of aryl methyl sites for hydroxylation is 1. The van der Waals surface area contributed by atoms with Crippen molar-refractivity contribution in [1.82, 2.24) is 4.57 Å². The Morgan fingerprint density at radius 2 is 1.83 bits per heavy atom. The topological polar surface area (TPSA) is 61.4 Å². The predicted molar refractivity (Wildman–Crippen MR) is 92.9 cm³/mol. The van der Waals surface area contributed by atoms with Crippen LogP contribution < -0.4 is 16.1 Å². The molecule has 0 amide bonds. The fourth-order valence-corrected chi connectivity index (χ4v) is 2.66. The van der Waals surface area contributed by atoms with Gasteiger partial charge in [0.25, 0.3) is 0 Å². The standard InChI is InChI=1S/C18H16ClNO4/c19-13-8-9-16-15(12-13)17(21)24-18(22)20(16)10-4-5-11-23-14-6-2-1-3-7-14/h1-3,6-9,12H,4-5,10-11H2. The van der Waals surface area contributed by atoms with Gasteiger partial charge in [-0.05, 0) is 43.2 Å². The van der Waals surface area contributed by atoms with Crippen molar-refractivity contribution in [1.29, 1.82) is 0 Å². The van der Waals surface area contributed by atoms with Gasteiger partial charge >= 0.3 is 11.4 Å². The minimum Gasteiger partial charge on any atom is -0.494 e. The fourth-order valence-electron chi connectivity index (χ4n) is 2.49. The van der Waals surface area contributed by atoms with Gasteiger partial charge in [0, 0.05) is 11.6 Å². The van der Waals surface area contributed by atoms with Crippen LogP contribution in [0.25, 0.3) is 10.9 Å². The summed E-state index contributed by atoms with van der Waals surface area (Å²) in [6.45, 7) is 0.998. The first-order valence-electron chi connectivity index (χ1n) is 7.66. The Morgan fingerprint density at radius 1 is 1.04 bits per heavy atom. The molecule has 0 bridgehead atoms. The molecule has 0 unspecified atom stereocenters. The van der Waals surface area contributed by atoms with Gasteiger partial charge < -0.3 is 9.15 Å². The molecular formula is C18H16ClNO4. The lowest BCUT2D eigenvalue weighted by Gasteiger charge is -2.09. The minimum absolute atomic E-state index is 0.308. The first-order valence-corrected chi connectivity index (χ1v) is 8.04. The fraction of sp³-hybridized carbons (Fsp3) is 0.222. The summed E-state index contributed by atoms with van der Waals surface area (Å²) in [6.07, 6.45) is 1.49. The molecular weight excluding hydrogens is 330 g/mol. The molecule has 6 heteroatoms. The quantitative estimate of drug-likeness (QED) is 0.642. The number of unbranched alkanes of at least 4 members (excludes halogenated alkanes) is 1. The van der Waals surface area contributed by atoms with Gasteiger partial charge in [-0.1, -0.05) is 29.8 Å². The Hall–Kier alpha value is -2.53. The Balaban J connectivity index is 1.67. The average Bonchev–Trinajstić information content (AvgIpc) is 2.58. The maximum absolute atomic E-state index is 12.0. The molecule has 0 saturated heterocycles. The second-order valence-electron chi connectivity index (χ2n) is 5.34. The number of halogens is 1. The van der Waals surface area contributed by atoms with Crippen molar-refractivity contribution in [3.63, 3.8) is 0 Å². The van der Waals surface area contributed by atoms with Crippen molar-refractivity contribution in [2.45, 2.75) is 19.4 Å². The summed E-state index contributed by atoms with van der Waals surface area (Å²) >= 11 is 5.90. The van der Waals surface area contributed by atoms with Crippen LogP contribution in [0, 0.1) is 0 Å². The summed E-state index contributed by atoms with van der Waals surface area (Å²) in [5.74, 6) is 0.166. The Bertz CT molecular complexity index is 947. The number of aromatic nitrogens is 1. The molecule has 0 saturated carbocycles. The minimum atomic E-state index is -0.666. The van der Waals surface area contributed by atoms with E-state index in [2.05, 4.69) is 0 Å². The molecule has 2 aromatic carbocycles. The number of benzene rings is 2. The second kappa shape index (κ2) is 7.36. The van der Waals surface area contributed by atoms with Gasteiger partial charge in [0.2, 0.25) is 0 Å². The normalized spacial score (nSPS) is 10.9. The van der Waals surface area contributed by atoms with Crippen molar-refractivity contribution < 1.29 is 9.15 Å². The summed E-state index contributed by atoms with van der Waals surface area (Å²) in [5.41, 5.74) is -0.134. The highest BCUT2D eigenvalue weighted by molar-refractivity contribution is 6.31. The van der Waals surface area contributed by atoms with E-state index in [-0.39, 0.29) is 0 Å². The van der Waals surface area contributed by atoms with Gasteiger partial charge in [-0.3, -0.25) is 4.57 Å². The molecule has 0 spiro atoms. The van der Waals surface area contributed by atoms with Crippen molar-refractivity contribution in [2.24, 2.45) is 0 Å². The monoisotopic (exact) mass is 345 g/mol. The summed E-state index contributed by atoms with van der Waals surface area (Å²) in [4.78, 5) is 23.7. The van der Waals surface area contributed by atoms with Gasteiger partial charge in [0.05, 0.1) is 17.5 Å². The van der Waals surface area contributed by atoms with E-state index in [1.165, 1.54) is 10.6 Å². The van der Waals surface area contributed by atoms with Crippen LogP contribution in [0.1, 0.15) is 12.8 Å². The van der Waals surface area contributed by atoms with Crippen LogP contribution in [0.2, 0.25) is 5.02 Å². The van der Waals surface area contributed by atoms with Crippen LogP contribution in [-0.2, 0) is 6.54 Å². The molecule has 5 nitrogen and oxygen atoms in total. The van der Waals surface area contributed by atoms with E-state index in [9.17, 15) is 9.59 Å². The zero-order valence-corrected chi connectivity index (χ0v) is 13.7. The van der Waals surface area contributed by atoms with Gasteiger partial charge in [-0.15, -0.1) is 0 Å². The van der Waals surface area contributed by atoms with Crippen molar-refractivity contribution in [3.05, 3.63) is 74.5 Å². The molecule has 0 atom stereocenters. The third-order valence-corrected chi connectivity index (χ3v) is 3.89. The van der Waals surface area contributed by atoms with Crippen molar-refractivity contribution >= 4 is 22.5 Å². The SMILES string of the molecule is O=c1oc(=O)n(CCCCOc2ccccc2)c2ccc(Cl)cc12. The summed E-state index contributed by atoms with van der Waals surface area (Å²) in [7, 11) is 0. The number of hydrogen-bond donors (Lipinski definition) is 0. The van der Waals surface area contributed by atoms with E-state index in [0.717, 1.165) is 18.6 Å². The molecule has 1 aromatic heterocycles. The molecule has 3 rings (SSSR count). The third kappa shape index (κ3) is 3.68. The third-order valence-electron chi connectivity index (χ3n) is 3.66. The molecule has 0 aliphatic rings. The Morgan fingerprint density at radius 3 is 2.62 bits per heavy atom. The molecule has 0 N–H and O–H groups in total. The summed E-state index contributed by atoms with van der Waals surface area (Å²) in [5, 5.41) is 0.735. The van der Waals surface area contributed by atoms with Crippen molar-refractivity contribution in [2.75, 3.05) is 6.61 Å². The van der Waals surface area contributed by atoms with Gasteiger partial charge in [0.1, 0.15) is 5.75 Å². The van der Waals surface area contributed by atoms with Crippen LogP contribution in [-0.4, -0.2) is 11.2 Å². The van der Waals surface area contributed by atoms with E-state index in [1.54, 1.807) is 12.1 Å². The summed E-state index contributed by atoms with van der Waals surface area (Å²) < 4.78 is 11.8. The summed E-state index contributed by atoms with van der Waals surface area (Å²) in [6, 6.07) is 14.4. The predicted octanol–water partition coefficient (Wildman–Crippen LogP) is 3.47. The highest BCUT2D eigenvalue weighted by Crippen LogP contribution is 2.16. The lowest BCUT2D eigenvalue weighted by atomic mass is 10.2. The van der Waals surface area contributed by atoms with E-state index >= 15 is 0 Å². The molecule has 0 aliphatic heterocycles. The van der Waals surface area contributed by atoms with Crippen molar-refractivity contribution in [3.8, 4) is 5.75 Å². The lowest BCUT2D eigenvalue weighted by molar-refractivity contribution is 0.301. The number of fused-ring (bicyclic) bond motifs is 1. The number of rotatable bonds is 6. The van der Waals surface area contributed by atoms with Crippen LogP contribution in [0.5, 0.6) is 5.75 Å². The van der Waals surface area contributed by atoms with Crippen LogP contribution in [0.15, 0.2) is 62.5 Å². The van der Waals surface area contributed by atoms with Gasteiger partial charge in [0.15, 0.2) is 0 Å². The van der Waals surface area contributed by atoms with Gasteiger partial charge in [-0.25, -0.2) is 9.59 Å². The molecule has 3 aromatic rings. The molecule has 1 heterocycles. The zero-order valence-electron chi connectivity index (χ0n) is 12.9. The van der Waals surface area contributed by atoms with E-state index < -0.39 is 11.4 Å². The molecule has 24 heavy (non-hydrogen) atoms. The van der Waals surface area contributed by atoms with E-state index in [4.69, 9.17) is 20.8 Å². The zero-order chi connectivity index (χ0) is 16.9. The number of nitrogens with zero attached hydrogens (tertiary/aromatic N) is 1. The number of para-hydroxylation sites is 1. The molecule has 0 fully saturated rings. The van der Waals surface area contributed by atoms with Gasteiger partial charge in [-0.2, -0.15) is 0 Å². The van der Waals surface area contributed by atoms with Crippen LogP contribution in [0.3, 0.4) is 0 Å². The molecule has 124 valence electrons. The van der Waals surface area contributed by atoms with E-state index in [0.29, 0.717) is 29.1 Å². The largest absolute Gasteiger partial charge is 0.494 e. The Kier molecular flexibility index (Phi) is 5.01. The first kappa shape index (κ1) is 16.3. The smallest absolute Gasteiger partial charge is 0.422 e. The molecule has 0 radical (unpaired) electrons. The number of hydrogen-bond acceptors (Lipinski definition) is 4. The maximum Gasteiger partial charge on any atom is 0.422 e. The highest BCUT2D eigenvalue weighted by Gasteiger charge is 2.09. The van der Waals surface area contributed by atoms with E-state index in [1.807, 2.05) is 30.3 Å². The average molecular weight is 346 g/mol. The Labute approximate surface area is 143 Å². The molecule has 0 aliphatic carbocycles.